The molecule has 6 heteroatoms. The van der Waals surface area contributed by atoms with Crippen molar-refractivity contribution in [1.29, 1.82) is 0 Å². The molecular weight excluding hydrogens is 189 g/mol. The molecular formula is C7H10BNO3S. The van der Waals surface area contributed by atoms with Gasteiger partial charge in [0.2, 0.25) is 5.88 Å². The lowest BCUT2D eigenvalue weighted by Gasteiger charge is -2.06. The van der Waals surface area contributed by atoms with E-state index < -0.39 is 7.12 Å². The van der Waals surface area contributed by atoms with E-state index in [2.05, 4.69) is 4.98 Å². The molecule has 0 atom stereocenters. The Labute approximate surface area is 81.1 Å². The van der Waals surface area contributed by atoms with Crippen molar-refractivity contribution in [3.63, 3.8) is 0 Å². The Hall–Kier alpha value is -0.715. The molecule has 0 amide bonds. The molecule has 0 aromatic carbocycles. The summed E-state index contributed by atoms with van der Waals surface area (Å²) in [6, 6.07) is 1.64. The lowest BCUT2D eigenvalue weighted by Crippen LogP contribution is -2.30. The number of pyridine rings is 1. The van der Waals surface area contributed by atoms with Gasteiger partial charge in [0.15, 0.2) is 0 Å². The van der Waals surface area contributed by atoms with Gasteiger partial charge in [0.25, 0.3) is 0 Å². The smallest absolute Gasteiger partial charge is 0.480 e. The lowest BCUT2D eigenvalue weighted by atomic mass is 9.82. The summed E-state index contributed by atoms with van der Waals surface area (Å²) in [5.74, 6) is 0.497. The van der Waals surface area contributed by atoms with Crippen LogP contribution in [0.3, 0.4) is 0 Å². The van der Waals surface area contributed by atoms with Gasteiger partial charge in [0, 0.05) is 11.7 Å². The van der Waals surface area contributed by atoms with E-state index in [0.717, 1.165) is 4.90 Å². The number of hydrogen-bond donors (Lipinski definition) is 2. The molecule has 4 nitrogen and oxygen atoms in total. The Bertz CT molecular complexity index is 295. The number of ether oxygens (including phenoxy) is 1. The van der Waals surface area contributed by atoms with E-state index in [1.807, 2.05) is 6.26 Å². The van der Waals surface area contributed by atoms with Gasteiger partial charge in [-0.15, -0.1) is 11.8 Å². The monoisotopic (exact) mass is 199 g/mol. The quantitative estimate of drug-likeness (QED) is 0.507. The molecule has 0 aliphatic rings. The van der Waals surface area contributed by atoms with Crippen molar-refractivity contribution in [3.8, 4) is 5.88 Å². The van der Waals surface area contributed by atoms with Crippen LogP contribution < -0.4 is 10.2 Å². The zero-order chi connectivity index (χ0) is 9.84. The van der Waals surface area contributed by atoms with Gasteiger partial charge in [0.05, 0.1) is 12.0 Å². The van der Waals surface area contributed by atoms with E-state index in [9.17, 15) is 0 Å². The van der Waals surface area contributed by atoms with Gasteiger partial charge in [-0.05, 0) is 12.3 Å². The molecule has 0 radical (unpaired) electrons. The Morgan fingerprint density at radius 2 is 2.23 bits per heavy atom. The van der Waals surface area contributed by atoms with Crippen molar-refractivity contribution >= 4 is 24.3 Å². The molecule has 0 fully saturated rings. The van der Waals surface area contributed by atoms with Gasteiger partial charge >= 0.3 is 7.12 Å². The molecule has 1 aromatic heterocycles. The third-order valence-corrected chi connectivity index (χ3v) is 2.28. The molecule has 1 heterocycles. The zero-order valence-corrected chi connectivity index (χ0v) is 8.21. The van der Waals surface area contributed by atoms with Crippen LogP contribution >= 0.6 is 11.8 Å². The van der Waals surface area contributed by atoms with Crippen LogP contribution in [-0.4, -0.2) is 35.5 Å². The second-order valence-corrected chi connectivity index (χ2v) is 3.20. The number of rotatable bonds is 3. The van der Waals surface area contributed by atoms with Crippen molar-refractivity contribution in [1.82, 2.24) is 4.98 Å². The molecule has 1 rings (SSSR count). The minimum absolute atomic E-state index is 0.366. The minimum atomic E-state index is -1.48. The number of nitrogens with zero attached hydrogens (tertiary/aromatic N) is 1. The Morgan fingerprint density at radius 3 is 2.69 bits per heavy atom. The molecule has 70 valence electrons. The van der Waals surface area contributed by atoms with Crippen molar-refractivity contribution in [2.75, 3.05) is 13.4 Å². The van der Waals surface area contributed by atoms with E-state index in [1.165, 1.54) is 25.1 Å². The fourth-order valence-electron chi connectivity index (χ4n) is 0.888. The summed E-state index contributed by atoms with van der Waals surface area (Å²) in [6.45, 7) is 0. The third kappa shape index (κ3) is 2.36. The van der Waals surface area contributed by atoms with E-state index >= 15 is 0 Å². The summed E-state index contributed by atoms with van der Waals surface area (Å²) >= 11 is 1.44. The fraction of sp³-hybridized carbons (Fsp3) is 0.286. The predicted octanol–water partition coefficient (Wildman–Crippen LogP) is -0.508. The number of aromatic nitrogens is 1. The maximum absolute atomic E-state index is 8.87. The number of methoxy groups -OCH3 is 1. The number of thioether (sulfide) groups is 1. The molecule has 0 spiro atoms. The van der Waals surface area contributed by atoms with Gasteiger partial charge in [-0.3, -0.25) is 0 Å². The predicted molar refractivity (Wildman–Crippen MR) is 52.4 cm³/mol. The Kier molecular flexibility index (Phi) is 3.59. The molecule has 13 heavy (non-hydrogen) atoms. The maximum atomic E-state index is 8.87. The topological polar surface area (TPSA) is 62.6 Å². The first kappa shape index (κ1) is 10.4. The van der Waals surface area contributed by atoms with Crippen LogP contribution in [0.4, 0.5) is 0 Å². The van der Waals surface area contributed by atoms with Crippen LogP contribution in [-0.2, 0) is 0 Å². The zero-order valence-electron chi connectivity index (χ0n) is 7.39. The van der Waals surface area contributed by atoms with E-state index in [4.69, 9.17) is 14.8 Å². The average molecular weight is 199 g/mol. The van der Waals surface area contributed by atoms with Gasteiger partial charge in [-0.1, -0.05) is 0 Å². The van der Waals surface area contributed by atoms with E-state index in [0.29, 0.717) is 11.3 Å². The van der Waals surface area contributed by atoms with E-state index in [1.54, 1.807) is 6.07 Å². The fourth-order valence-corrected chi connectivity index (χ4v) is 1.45. The maximum Gasteiger partial charge on any atom is 0.490 e. The standard InChI is InChI=1S/C7H10BNO3S/c1-12-7-6(13-2)3-5(4-9-7)8(10)11/h3-4,10-11H,1-2H3. The highest BCUT2D eigenvalue weighted by atomic mass is 32.2. The first-order valence-corrected chi connectivity index (χ1v) is 4.85. The summed E-state index contributed by atoms with van der Waals surface area (Å²) in [4.78, 5) is 4.71. The minimum Gasteiger partial charge on any atom is -0.480 e. The van der Waals surface area contributed by atoms with Gasteiger partial charge < -0.3 is 14.8 Å². The molecule has 0 aliphatic carbocycles. The SMILES string of the molecule is COc1ncc(B(O)O)cc1SC. The highest BCUT2D eigenvalue weighted by Gasteiger charge is 2.14. The highest BCUT2D eigenvalue weighted by molar-refractivity contribution is 7.98. The van der Waals surface area contributed by atoms with Crippen molar-refractivity contribution in [2.45, 2.75) is 4.90 Å². The van der Waals surface area contributed by atoms with Gasteiger partial charge in [0.1, 0.15) is 0 Å². The Morgan fingerprint density at radius 1 is 1.54 bits per heavy atom. The molecule has 0 aliphatic heterocycles. The van der Waals surface area contributed by atoms with Crippen LogP contribution in [0.2, 0.25) is 0 Å². The molecule has 2 N–H and O–H groups in total. The third-order valence-electron chi connectivity index (χ3n) is 1.55. The lowest BCUT2D eigenvalue weighted by molar-refractivity contribution is 0.387. The summed E-state index contributed by atoms with van der Waals surface area (Å²) in [6.07, 6.45) is 3.25. The summed E-state index contributed by atoms with van der Waals surface area (Å²) < 4.78 is 4.98. The van der Waals surface area contributed by atoms with Crippen LogP contribution in [0.5, 0.6) is 5.88 Å². The molecule has 0 bridgehead atoms. The van der Waals surface area contributed by atoms with Gasteiger partial charge in [-0.25, -0.2) is 4.98 Å². The first-order valence-electron chi connectivity index (χ1n) is 3.63. The summed E-state index contributed by atoms with van der Waals surface area (Å²) in [5, 5.41) is 17.7. The normalized spacial score (nSPS) is 9.85. The summed E-state index contributed by atoms with van der Waals surface area (Å²) in [5.41, 5.74) is 0.366. The van der Waals surface area contributed by atoms with Crippen molar-refractivity contribution in [3.05, 3.63) is 12.3 Å². The van der Waals surface area contributed by atoms with Crippen molar-refractivity contribution in [2.24, 2.45) is 0 Å². The highest BCUT2D eigenvalue weighted by Crippen LogP contribution is 2.22. The molecule has 0 saturated carbocycles. The second-order valence-electron chi connectivity index (χ2n) is 2.35. The first-order chi connectivity index (χ1) is 6.19. The van der Waals surface area contributed by atoms with E-state index in [-0.39, 0.29) is 0 Å². The molecule has 0 saturated heterocycles. The van der Waals surface area contributed by atoms with Crippen LogP contribution in [0, 0.1) is 0 Å². The second kappa shape index (κ2) is 4.50. The van der Waals surface area contributed by atoms with Crippen LogP contribution in [0.15, 0.2) is 17.2 Å². The van der Waals surface area contributed by atoms with Crippen molar-refractivity contribution < 1.29 is 14.8 Å². The largest absolute Gasteiger partial charge is 0.490 e. The van der Waals surface area contributed by atoms with Crippen LogP contribution in [0.1, 0.15) is 0 Å². The average Bonchev–Trinajstić information content (AvgIpc) is 2.16. The van der Waals surface area contributed by atoms with Gasteiger partial charge in [-0.2, -0.15) is 0 Å². The Balaban J connectivity index is 3.05. The number of hydrogen-bond acceptors (Lipinski definition) is 5. The molecule has 0 unspecified atom stereocenters. The summed E-state index contributed by atoms with van der Waals surface area (Å²) in [7, 11) is 0.0428. The van der Waals surface area contributed by atoms with Crippen LogP contribution in [0.25, 0.3) is 0 Å². The molecule has 1 aromatic rings.